The van der Waals surface area contributed by atoms with Gasteiger partial charge < -0.3 is 21.7 Å². The first kappa shape index (κ1) is 45.8. The summed E-state index contributed by atoms with van der Waals surface area (Å²) < 4.78 is 3.40. The van der Waals surface area contributed by atoms with E-state index < -0.39 is 0 Å². The van der Waals surface area contributed by atoms with Crippen molar-refractivity contribution in [2.45, 2.75) is 49.7 Å². The number of carbonyl (C=O) groups is 2. The molecule has 0 radical (unpaired) electrons. The first-order valence-corrected chi connectivity index (χ1v) is 25.0. The van der Waals surface area contributed by atoms with Gasteiger partial charge in [0.15, 0.2) is 0 Å². The van der Waals surface area contributed by atoms with E-state index in [0.717, 1.165) is 111 Å². The van der Waals surface area contributed by atoms with Crippen molar-refractivity contribution in [3.8, 4) is 33.6 Å². The lowest BCUT2D eigenvalue weighted by atomic mass is 9.98. The SMILES string of the molecule is NC1(c2ccc(-c3ccc4ncc5ccc(=O)n(-c6ccc(C(=O)NC7CC7)cc6)c5c4c3)cc2)CC1.O=C(NC1CCNC1)c1ccc(-n2c(=O)ccc3cnc4ccc(-c5ccc(Cl)cc5)cc4c32)cc1. The van der Waals surface area contributed by atoms with Crippen molar-refractivity contribution in [1.29, 1.82) is 0 Å². The highest BCUT2D eigenvalue weighted by Crippen LogP contribution is 2.43. The van der Waals surface area contributed by atoms with Gasteiger partial charge in [-0.15, -0.1) is 0 Å². The molecule has 73 heavy (non-hydrogen) atoms. The largest absolute Gasteiger partial charge is 0.349 e. The Bertz CT molecular complexity index is 3920. The second-order valence-corrected chi connectivity index (χ2v) is 19.8. The van der Waals surface area contributed by atoms with Crippen LogP contribution in [0.4, 0.5) is 0 Å². The Kier molecular flexibility index (Phi) is 11.7. The van der Waals surface area contributed by atoms with Crippen LogP contribution in [0, 0.1) is 0 Å². The van der Waals surface area contributed by atoms with Gasteiger partial charge in [-0.05, 0) is 164 Å². The molecular formula is C60H49ClN8O4. The number of nitrogens with one attached hydrogen (secondary N) is 3. The molecule has 1 saturated heterocycles. The third-order valence-electron chi connectivity index (χ3n) is 14.3. The van der Waals surface area contributed by atoms with Crippen molar-refractivity contribution in [3.63, 3.8) is 0 Å². The van der Waals surface area contributed by atoms with Gasteiger partial charge in [0.05, 0.1) is 22.1 Å². The van der Waals surface area contributed by atoms with Gasteiger partial charge >= 0.3 is 0 Å². The topological polar surface area (TPSA) is 166 Å². The Balaban J connectivity index is 0.000000149. The predicted octanol–water partition coefficient (Wildman–Crippen LogP) is 10.00. The molecule has 12 nitrogen and oxygen atoms in total. The Morgan fingerprint density at radius 2 is 1.03 bits per heavy atom. The second kappa shape index (κ2) is 18.7. The molecule has 0 spiro atoms. The van der Waals surface area contributed by atoms with Gasteiger partial charge in [-0.2, -0.15) is 0 Å². The molecule has 5 N–H and O–H groups in total. The van der Waals surface area contributed by atoms with Gasteiger partial charge in [-0.1, -0.05) is 60.1 Å². The maximum Gasteiger partial charge on any atom is 0.255 e. The summed E-state index contributed by atoms with van der Waals surface area (Å²) in [7, 11) is 0. The molecule has 4 aromatic heterocycles. The molecule has 1 atom stereocenters. The molecule has 6 aromatic carbocycles. The molecule has 1 unspecified atom stereocenters. The third kappa shape index (κ3) is 9.16. The summed E-state index contributed by atoms with van der Waals surface area (Å²) in [5.41, 5.74) is 17.0. The van der Waals surface area contributed by atoms with E-state index in [0.29, 0.717) is 33.6 Å². The van der Waals surface area contributed by atoms with E-state index >= 15 is 0 Å². The number of hydrogen-bond acceptors (Lipinski definition) is 8. The lowest BCUT2D eigenvalue weighted by molar-refractivity contribution is 0.0935. The number of pyridine rings is 4. The smallest absolute Gasteiger partial charge is 0.255 e. The summed E-state index contributed by atoms with van der Waals surface area (Å²) in [5, 5.41) is 13.5. The van der Waals surface area contributed by atoms with E-state index in [1.165, 1.54) is 5.56 Å². The molecule has 2 aliphatic carbocycles. The quantitative estimate of drug-likeness (QED) is 0.104. The van der Waals surface area contributed by atoms with Crippen LogP contribution in [0.25, 0.3) is 77.2 Å². The summed E-state index contributed by atoms with van der Waals surface area (Å²) in [6, 6.07) is 49.9. The molecular weight excluding hydrogens is 932 g/mol. The molecule has 0 bridgehead atoms. The minimum Gasteiger partial charge on any atom is -0.349 e. The monoisotopic (exact) mass is 980 g/mol. The van der Waals surface area contributed by atoms with Crippen molar-refractivity contribution in [2.75, 3.05) is 13.1 Å². The Morgan fingerprint density at radius 1 is 0.562 bits per heavy atom. The average molecular weight is 982 g/mol. The normalized spacial score (nSPS) is 15.8. The Hall–Kier alpha value is -8.29. The van der Waals surface area contributed by atoms with Crippen molar-refractivity contribution < 1.29 is 9.59 Å². The van der Waals surface area contributed by atoms with Crippen LogP contribution in [0.5, 0.6) is 0 Å². The van der Waals surface area contributed by atoms with Crippen LogP contribution in [0.2, 0.25) is 5.02 Å². The number of amides is 2. The Labute approximate surface area is 424 Å². The molecule has 2 saturated carbocycles. The summed E-state index contributed by atoms with van der Waals surface area (Å²) in [6.45, 7) is 1.70. The van der Waals surface area contributed by atoms with Gasteiger partial charge in [-0.25, -0.2) is 0 Å². The molecule has 3 aliphatic rings. The zero-order valence-corrected chi connectivity index (χ0v) is 40.4. The number of rotatable bonds is 9. The Morgan fingerprint density at radius 3 is 1.48 bits per heavy atom. The van der Waals surface area contributed by atoms with Crippen molar-refractivity contribution >= 4 is 67.0 Å². The first-order chi connectivity index (χ1) is 35.5. The zero-order valence-electron chi connectivity index (χ0n) is 39.6. The number of fused-ring (bicyclic) bond motifs is 6. The fraction of sp³-hybridized carbons (Fsp3) is 0.167. The number of nitrogens with two attached hydrogens (primary N) is 1. The predicted molar refractivity (Wildman–Crippen MR) is 290 cm³/mol. The van der Waals surface area contributed by atoms with E-state index in [4.69, 9.17) is 17.3 Å². The number of hydrogen-bond donors (Lipinski definition) is 4. The number of carbonyl (C=O) groups excluding carboxylic acids is 2. The molecule has 5 heterocycles. The number of nitrogens with zero attached hydrogens (tertiary/aromatic N) is 4. The summed E-state index contributed by atoms with van der Waals surface area (Å²) in [5.74, 6) is -0.186. The third-order valence-corrected chi connectivity index (χ3v) is 14.5. The minimum absolute atomic E-state index is 0.0770. The summed E-state index contributed by atoms with van der Waals surface area (Å²) >= 11 is 6.08. The van der Waals surface area contributed by atoms with E-state index in [9.17, 15) is 19.2 Å². The standard InChI is InChI=1S/C31H26N4O2.C29H23ClN4O2/c32-31(15-16-31)23-7-1-19(2-8-23)21-5-13-27-26(17-21)29-22(18-33-27)6-14-28(36)35(29)25-11-3-20(4-12-25)30(37)34-24-9-10-24;30-22-7-1-18(2-8-22)20-5-11-26-25(15-20)28-21(16-32-26)6-12-27(35)34(28)24-9-3-19(4-10-24)29(36)33-23-13-14-31-17-23/h1-8,11-14,17-18,24H,9-10,15-16,32H2,(H,34,37);1-12,15-16,23,31H,13-14,17H2,(H,33,36). The second-order valence-electron chi connectivity index (χ2n) is 19.3. The van der Waals surface area contributed by atoms with Crippen molar-refractivity contribution in [3.05, 3.63) is 213 Å². The van der Waals surface area contributed by atoms with Gasteiger partial charge in [0, 0.05) is 97.8 Å². The molecule has 1 aliphatic heterocycles. The summed E-state index contributed by atoms with van der Waals surface area (Å²) in [6.07, 6.45) is 8.65. The van der Waals surface area contributed by atoms with Gasteiger partial charge in [0.1, 0.15) is 0 Å². The van der Waals surface area contributed by atoms with Crippen molar-refractivity contribution in [1.82, 2.24) is 35.1 Å². The number of aromatic nitrogens is 4. The van der Waals surface area contributed by atoms with Crippen LogP contribution in [-0.4, -0.2) is 56.1 Å². The van der Waals surface area contributed by atoms with Crippen molar-refractivity contribution in [2.24, 2.45) is 5.73 Å². The van der Waals surface area contributed by atoms with E-state index in [1.54, 1.807) is 64.0 Å². The molecule has 13 rings (SSSR count). The molecule has 10 aromatic rings. The van der Waals surface area contributed by atoms with Crippen LogP contribution < -0.4 is 32.8 Å². The fourth-order valence-electron chi connectivity index (χ4n) is 9.82. The highest BCUT2D eigenvalue weighted by Gasteiger charge is 2.39. The van der Waals surface area contributed by atoms with Crippen LogP contribution in [-0.2, 0) is 5.54 Å². The van der Waals surface area contributed by atoms with E-state index in [2.05, 4.69) is 68.4 Å². The van der Waals surface area contributed by atoms with Crippen LogP contribution in [0.1, 0.15) is 58.4 Å². The maximum atomic E-state index is 13.2. The highest BCUT2D eigenvalue weighted by atomic mass is 35.5. The maximum absolute atomic E-state index is 13.2. The first-order valence-electron chi connectivity index (χ1n) is 24.6. The minimum atomic E-state index is -0.160. The lowest BCUT2D eigenvalue weighted by Gasteiger charge is -2.14. The van der Waals surface area contributed by atoms with Gasteiger partial charge in [0.2, 0.25) is 0 Å². The summed E-state index contributed by atoms with van der Waals surface area (Å²) in [4.78, 5) is 60.7. The molecule has 13 heteroatoms. The van der Waals surface area contributed by atoms with Crippen LogP contribution >= 0.6 is 11.6 Å². The fourth-order valence-corrected chi connectivity index (χ4v) is 9.95. The molecule has 360 valence electrons. The van der Waals surface area contributed by atoms with Crippen LogP contribution in [0.3, 0.4) is 0 Å². The number of benzene rings is 6. The lowest BCUT2D eigenvalue weighted by Crippen LogP contribution is -2.36. The van der Waals surface area contributed by atoms with Crippen LogP contribution in [0.15, 0.2) is 180 Å². The number of halogens is 1. The zero-order chi connectivity index (χ0) is 49.8. The van der Waals surface area contributed by atoms with Gasteiger partial charge in [0.25, 0.3) is 22.9 Å². The average Bonchev–Trinajstić information content (AvgIpc) is 4.35. The highest BCUT2D eigenvalue weighted by molar-refractivity contribution is 6.30. The molecule has 2 amide bonds. The van der Waals surface area contributed by atoms with E-state index in [-0.39, 0.29) is 34.5 Å². The van der Waals surface area contributed by atoms with Gasteiger partial charge in [-0.3, -0.25) is 38.3 Å². The van der Waals surface area contributed by atoms with E-state index in [1.807, 2.05) is 72.8 Å². The molecule has 3 fully saturated rings.